The summed E-state index contributed by atoms with van der Waals surface area (Å²) in [6.07, 6.45) is 0.0118. The van der Waals surface area contributed by atoms with Gasteiger partial charge in [0, 0.05) is 25.2 Å². The van der Waals surface area contributed by atoms with Crippen molar-refractivity contribution in [2.24, 2.45) is 0 Å². The van der Waals surface area contributed by atoms with Crippen LogP contribution in [0.1, 0.15) is 13.3 Å². The van der Waals surface area contributed by atoms with Crippen molar-refractivity contribution in [1.82, 2.24) is 10.0 Å². The van der Waals surface area contributed by atoms with Gasteiger partial charge in [-0.2, -0.15) is 0 Å². The fourth-order valence-corrected chi connectivity index (χ4v) is 2.50. The fourth-order valence-electron chi connectivity index (χ4n) is 1.41. The summed E-state index contributed by atoms with van der Waals surface area (Å²) in [5.41, 5.74) is 5.39. The van der Waals surface area contributed by atoms with Gasteiger partial charge in [0.15, 0.2) is 0 Å². The van der Waals surface area contributed by atoms with Gasteiger partial charge in [-0.05, 0) is 25.1 Å². The number of amides is 1. The minimum absolute atomic E-state index is 0.0118. The molecule has 0 saturated heterocycles. The highest BCUT2D eigenvalue weighted by Crippen LogP contribution is 2.15. The van der Waals surface area contributed by atoms with Gasteiger partial charge in [-0.1, -0.05) is 0 Å². The maximum absolute atomic E-state index is 13.1. The number of nitrogens with one attached hydrogen (secondary N) is 2. The Labute approximate surface area is 111 Å². The normalized spacial score (nSPS) is 11.3. The third kappa shape index (κ3) is 4.84. The van der Waals surface area contributed by atoms with Gasteiger partial charge in [-0.25, -0.2) is 17.5 Å². The number of carbonyl (C=O) groups is 1. The maximum Gasteiger partial charge on any atom is 0.240 e. The molecule has 0 aliphatic rings. The molecule has 106 valence electrons. The van der Waals surface area contributed by atoms with E-state index in [0.29, 0.717) is 6.54 Å². The molecule has 0 atom stereocenters. The minimum atomic E-state index is -3.87. The van der Waals surface area contributed by atoms with Crippen molar-refractivity contribution < 1.29 is 17.6 Å². The molecule has 0 unspecified atom stereocenters. The van der Waals surface area contributed by atoms with Gasteiger partial charge in [-0.15, -0.1) is 0 Å². The van der Waals surface area contributed by atoms with Crippen LogP contribution in [-0.4, -0.2) is 27.4 Å². The van der Waals surface area contributed by atoms with Crippen molar-refractivity contribution in [2.75, 3.05) is 18.8 Å². The van der Waals surface area contributed by atoms with Crippen LogP contribution in [0.15, 0.2) is 23.1 Å². The zero-order valence-corrected chi connectivity index (χ0v) is 11.3. The van der Waals surface area contributed by atoms with Crippen LogP contribution in [0.4, 0.5) is 10.1 Å². The summed E-state index contributed by atoms with van der Waals surface area (Å²) in [6.45, 7) is 2.17. The number of anilines is 1. The number of benzene rings is 1. The van der Waals surface area contributed by atoms with Gasteiger partial charge in [0.2, 0.25) is 15.9 Å². The van der Waals surface area contributed by atoms with Crippen LogP contribution < -0.4 is 15.8 Å². The van der Waals surface area contributed by atoms with Gasteiger partial charge < -0.3 is 11.1 Å². The Morgan fingerprint density at radius 3 is 2.63 bits per heavy atom. The van der Waals surface area contributed by atoms with E-state index in [4.69, 9.17) is 5.73 Å². The largest absolute Gasteiger partial charge is 0.399 e. The van der Waals surface area contributed by atoms with E-state index in [1.807, 2.05) is 0 Å². The van der Waals surface area contributed by atoms with E-state index in [1.165, 1.54) is 0 Å². The van der Waals surface area contributed by atoms with E-state index >= 15 is 0 Å². The summed E-state index contributed by atoms with van der Waals surface area (Å²) in [7, 11) is -3.87. The van der Waals surface area contributed by atoms with Crippen LogP contribution in [0.25, 0.3) is 0 Å². The molecule has 0 bridgehead atoms. The fraction of sp³-hybridized carbons (Fsp3) is 0.364. The van der Waals surface area contributed by atoms with Gasteiger partial charge >= 0.3 is 0 Å². The Bertz CT molecular complexity index is 540. The monoisotopic (exact) mass is 289 g/mol. The van der Waals surface area contributed by atoms with Crippen LogP contribution in [0.3, 0.4) is 0 Å². The first kappa shape index (κ1) is 15.4. The molecular weight excluding hydrogens is 273 g/mol. The minimum Gasteiger partial charge on any atom is -0.399 e. The topological polar surface area (TPSA) is 101 Å². The molecule has 0 spiro atoms. The van der Waals surface area contributed by atoms with Crippen molar-refractivity contribution >= 4 is 21.6 Å². The van der Waals surface area contributed by atoms with Crippen LogP contribution in [0, 0.1) is 5.82 Å². The third-order valence-electron chi connectivity index (χ3n) is 2.22. The molecule has 0 radical (unpaired) electrons. The van der Waals surface area contributed by atoms with E-state index in [9.17, 15) is 17.6 Å². The Balaban J connectivity index is 2.68. The quantitative estimate of drug-likeness (QED) is 0.652. The average molecular weight is 289 g/mol. The number of sulfonamides is 1. The summed E-state index contributed by atoms with van der Waals surface area (Å²) in [6, 6.07) is 3.04. The molecule has 0 saturated carbocycles. The van der Waals surface area contributed by atoms with E-state index in [1.54, 1.807) is 6.92 Å². The van der Waals surface area contributed by atoms with Crippen LogP contribution in [0.5, 0.6) is 0 Å². The van der Waals surface area contributed by atoms with Gasteiger partial charge in [0.1, 0.15) is 5.82 Å². The number of nitrogens with two attached hydrogens (primary N) is 1. The van der Waals surface area contributed by atoms with Crippen molar-refractivity contribution in [2.45, 2.75) is 18.2 Å². The van der Waals surface area contributed by atoms with Gasteiger partial charge in [0.25, 0.3) is 0 Å². The number of nitrogen functional groups attached to an aromatic ring is 1. The molecule has 1 aromatic rings. The molecule has 4 N–H and O–H groups in total. The first-order chi connectivity index (χ1) is 8.85. The molecule has 0 aliphatic heterocycles. The Morgan fingerprint density at radius 1 is 1.37 bits per heavy atom. The first-order valence-corrected chi connectivity index (χ1v) is 7.16. The summed E-state index contributed by atoms with van der Waals surface area (Å²) < 4.78 is 38.9. The van der Waals surface area contributed by atoms with Gasteiger partial charge in [-0.3, -0.25) is 4.79 Å². The molecular formula is C11H16FN3O3S. The van der Waals surface area contributed by atoms with E-state index in [0.717, 1.165) is 18.2 Å². The molecule has 8 heteroatoms. The SMILES string of the molecule is CCNC(=O)CCNS(=O)(=O)c1cc(N)cc(F)c1. The standard InChI is InChI=1S/C11H16FN3O3S/c1-2-14-11(16)3-4-15-19(17,18)10-6-8(12)5-9(13)7-10/h5-7,15H,2-4,13H2,1H3,(H,14,16). The van der Waals surface area contributed by atoms with Gasteiger partial charge in [0.05, 0.1) is 4.90 Å². The number of rotatable bonds is 6. The summed E-state index contributed by atoms with van der Waals surface area (Å²) in [5.74, 6) is -0.993. The van der Waals surface area contributed by atoms with Crippen molar-refractivity contribution in [3.8, 4) is 0 Å². The highest BCUT2D eigenvalue weighted by Gasteiger charge is 2.15. The zero-order chi connectivity index (χ0) is 14.5. The lowest BCUT2D eigenvalue weighted by molar-refractivity contribution is -0.120. The molecule has 19 heavy (non-hydrogen) atoms. The van der Waals surface area contributed by atoms with E-state index < -0.39 is 15.8 Å². The lowest BCUT2D eigenvalue weighted by atomic mass is 10.3. The lowest BCUT2D eigenvalue weighted by Gasteiger charge is -2.07. The van der Waals surface area contributed by atoms with Crippen LogP contribution in [-0.2, 0) is 14.8 Å². The molecule has 6 nitrogen and oxygen atoms in total. The highest BCUT2D eigenvalue weighted by atomic mass is 32.2. The van der Waals surface area contributed by atoms with Crippen molar-refractivity contribution in [3.63, 3.8) is 0 Å². The summed E-state index contributed by atoms with van der Waals surface area (Å²) in [5, 5.41) is 2.54. The third-order valence-corrected chi connectivity index (χ3v) is 3.66. The van der Waals surface area contributed by atoms with Crippen molar-refractivity contribution in [1.29, 1.82) is 0 Å². The number of hydrogen-bond donors (Lipinski definition) is 3. The first-order valence-electron chi connectivity index (χ1n) is 5.67. The molecule has 0 aliphatic carbocycles. The lowest BCUT2D eigenvalue weighted by Crippen LogP contribution is -2.30. The summed E-state index contributed by atoms with van der Waals surface area (Å²) >= 11 is 0. The molecule has 0 fully saturated rings. The Kier molecular flexibility index (Phi) is 5.25. The number of halogens is 1. The zero-order valence-electron chi connectivity index (χ0n) is 10.4. The molecule has 1 rings (SSSR count). The number of carbonyl (C=O) groups excluding carboxylic acids is 1. The molecule has 1 aromatic carbocycles. The smallest absolute Gasteiger partial charge is 0.240 e. The summed E-state index contributed by atoms with van der Waals surface area (Å²) in [4.78, 5) is 10.9. The molecule has 0 aromatic heterocycles. The second-order valence-corrected chi connectivity index (χ2v) is 5.59. The Morgan fingerprint density at radius 2 is 2.05 bits per heavy atom. The predicted molar refractivity (Wildman–Crippen MR) is 69.3 cm³/mol. The average Bonchev–Trinajstić information content (AvgIpc) is 2.27. The van der Waals surface area contributed by atoms with Crippen LogP contribution in [0.2, 0.25) is 0 Å². The van der Waals surface area contributed by atoms with E-state index in [2.05, 4.69) is 10.0 Å². The molecule has 0 heterocycles. The highest BCUT2D eigenvalue weighted by molar-refractivity contribution is 7.89. The van der Waals surface area contributed by atoms with E-state index in [-0.39, 0.29) is 29.5 Å². The van der Waals surface area contributed by atoms with Crippen molar-refractivity contribution in [3.05, 3.63) is 24.0 Å². The maximum atomic E-state index is 13.1. The van der Waals surface area contributed by atoms with Crippen LogP contribution >= 0.6 is 0 Å². The predicted octanol–water partition coefficient (Wildman–Crippen LogP) is 0.212. The molecule has 1 amide bonds. The second-order valence-electron chi connectivity index (χ2n) is 3.82. The Hall–Kier alpha value is -1.67. The number of hydrogen-bond acceptors (Lipinski definition) is 4. The second kappa shape index (κ2) is 6.48.